The van der Waals surface area contributed by atoms with Crippen LogP contribution in [0.5, 0.6) is 0 Å². The van der Waals surface area contributed by atoms with Crippen molar-refractivity contribution < 1.29 is 18.7 Å². The summed E-state index contributed by atoms with van der Waals surface area (Å²) in [6.07, 6.45) is 0.499. The van der Waals surface area contributed by atoms with E-state index in [2.05, 4.69) is 20.3 Å². The average Bonchev–Trinajstić information content (AvgIpc) is 3.15. The number of benzene rings is 2. The first-order chi connectivity index (χ1) is 13.0. The van der Waals surface area contributed by atoms with Crippen LogP contribution in [0.25, 0.3) is 11.5 Å². The molecule has 0 saturated heterocycles. The molecule has 0 fully saturated rings. The predicted molar refractivity (Wildman–Crippen MR) is 99.2 cm³/mol. The van der Waals surface area contributed by atoms with Gasteiger partial charge in [-0.1, -0.05) is 23.8 Å². The molecule has 0 spiro atoms. The van der Waals surface area contributed by atoms with Gasteiger partial charge in [0.1, 0.15) is 0 Å². The highest BCUT2D eigenvalue weighted by molar-refractivity contribution is 5.94. The van der Waals surface area contributed by atoms with Crippen LogP contribution in [0.4, 0.5) is 5.69 Å². The van der Waals surface area contributed by atoms with Gasteiger partial charge in [-0.05, 0) is 37.3 Å². The van der Waals surface area contributed by atoms with Gasteiger partial charge in [0, 0.05) is 24.1 Å². The molecule has 3 aromatic rings. The SMILES string of the molecule is COC(=O)c1cccc(NC(=O)CCc2nnc(-c3ccc(C)cc3)o2)c1. The minimum absolute atomic E-state index is 0.179. The summed E-state index contributed by atoms with van der Waals surface area (Å²) >= 11 is 0. The molecule has 138 valence electrons. The maximum absolute atomic E-state index is 12.1. The molecule has 2 aromatic carbocycles. The number of carbonyl (C=O) groups is 2. The molecular formula is C20H19N3O4. The maximum atomic E-state index is 12.1. The molecule has 0 atom stereocenters. The summed E-state index contributed by atoms with van der Waals surface area (Å²) in [4.78, 5) is 23.7. The average molecular weight is 365 g/mol. The molecule has 1 N–H and O–H groups in total. The Morgan fingerprint density at radius 1 is 1.11 bits per heavy atom. The number of esters is 1. The molecule has 0 aliphatic rings. The molecule has 3 rings (SSSR count). The quantitative estimate of drug-likeness (QED) is 0.673. The van der Waals surface area contributed by atoms with Gasteiger partial charge in [-0.15, -0.1) is 10.2 Å². The van der Waals surface area contributed by atoms with Crippen LogP contribution in [0, 0.1) is 6.92 Å². The lowest BCUT2D eigenvalue weighted by Crippen LogP contribution is -2.13. The van der Waals surface area contributed by atoms with Crippen molar-refractivity contribution in [1.29, 1.82) is 0 Å². The molecular weight excluding hydrogens is 346 g/mol. The molecule has 1 amide bonds. The Labute approximate surface area is 156 Å². The second kappa shape index (κ2) is 8.27. The fourth-order valence-electron chi connectivity index (χ4n) is 2.45. The molecule has 7 heteroatoms. The Morgan fingerprint density at radius 3 is 2.63 bits per heavy atom. The highest BCUT2D eigenvalue weighted by atomic mass is 16.5. The first-order valence-electron chi connectivity index (χ1n) is 8.43. The Bertz CT molecular complexity index is 948. The zero-order chi connectivity index (χ0) is 19.2. The first kappa shape index (κ1) is 18.3. The summed E-state index contributed by atoms with van der Waals surface area (Å²) in [6, 6.07) is 14.3. The first-order valence-corrected chi connectivity index (χ1v) is 8.43. The summed E-state index contributed by atoms with van der Waals surface area (Å²) in [5.74, 6) is 0.146. The Kier molecular flexibility index (Phi) is 5.61. The van der Waals surface area contributed by atoms with Gasteiger partial charge in [0.2, 0.25) is 17.7 Å². The zero-order valence-electron chi connectivity index (χ0n) is 15.1. The van der Waals surface area contributed by atoms with Crippen LogP contribution < -0.4 is 5.32 Å². The summed E-state index contributed by atoms with van der Waals surface area (Å²) < 4.78 is 10.3. The number of aromatic nitrogens is 2. The lowest BCUT2D eigenvalue weighted by Gasteiger charge is -2.06. The highest BCUT2D eigenvalue weighted by Gasteiger charge is 2.12. The number of ether oxygens (including phenoxy) is 1. The molecule has 0 unspecified atom stereocenters. The molecule has 0 aliphatic heterocycles. The van der Waals surface area contributed by atoms with E-state index in [1.807, 2.05) is 31.2 Å². The largest absolute Gasteiger partial charge is 0.465 e. The van der Waals surface area contributed by atoms with Gasteiger partial charge in [0.05, 0.1) is 12.7 Å². The van der Waals surface area contributed by atoms with E-state index in [0.29, 0.717) is 29.5 Å². The van der Waals surface area contributed by atoms with Gasteiger partial charge in [0.15, 0.2) is 0 Å². The number of nitrogens with zero attached hydrogens (tertiary/aromatic N) is 2. The Balaban J connectivity index is 1.57. The van der Waals surface area contributed by atoms with Crippen LogP contribution >= 0.6 is 0 Å². The minimum Gasteiger partial charge on any atom is -0.465 e. The van der Waals surface area contributed by atoms with Gasteiger partial charge in [-0.3, -0.25) is 4.79 Å². The van der Waals surface area contributed by atoms with Gasteiger partial charge < -0.3 is 14.5 Å². The zero-order valence-corrected chi connectivity index (χ0v) is 15.1. The molecule has 1 aromatic heterocycles. The maximum Gasteiger partial charge on any atom is 0.337 e. The van der Waals surface area contributed by atoms with Crippen molar-refractivity contribution in [3.8, 4) is 11.5 Å². The van der Waals surface area contributed by atoms with E-state index in [0.717, 1.165) is 11.1 Å². The van der Waals surface area contributed by atoms with Crippen LogP contribution in [0.1, 0.15) is 28.2 Å². The predicted octanol–water partition coefficient (Wildman–Crippen LogP) is 3.40. The lowest BCUT2D eigenvalue weighted by molar-refractivity contribution is -0.116. The van der Waals surface area contributed by atoms with E-state index < -0.39 is 5.97 Å². The summed E-state index contributed by atoms with van der Waals surface area (Å²) in [5, 5.41) is 10.7. The normalized spacial score (nSPS) is 10.4. The Morgan fingerprint density at radius 2 is 1.89 bits per heavy atom. The molecule has 0 aliphatic carbocycles. The lowest BCUT2D eigenvalue weighted by atomic mass is 10.1. The molecule has 27 heavy (non-hydrogen) atoms. The summed E-state index contributed by atoms with van der Waals surface area (Å²) in [5.41, 5.74) is 2.87. The van der Waals surface area contributed by atoms with Crippen molar-refractivity contribution >= 4 is 17.6 Å². The number of hydrogen-bond acceptors (Lipinski definition) is 6. The number of hydrogen-bond donors (Lipinski definition) is 1. The fraction of sp³-hybridized carbons (Fsp3) is 0.200. The van der Waals surface area contributed by atoms with E-state index in [1.54, 1.807) is 24.3 Å². The number of amides is 1. The van der Waals surface area contributed by atoms with Crippen LogP contribution in [0.2, 0.25) is 0 Å². The van der Waals surface area contributed by atoms with Crippen molar-refractivity contribution in [2.24, 2.45) is 0 Å². The minimum atomic E-state index is -0.458. The van der Waals surface area contributed by atoms with E-state index in [1.165, 1.54) is 7.11 Å². The smallest absolute Gasteiger partial charge is 0.337 e. The van der Waals surface area contributed by atoms with E-state index in [-0.39, 0.29) is 12.3 Å². The van der Waals surface area contributed by atoms with Gasteiger partial charge >= 0.3 is 5.97 Å². The fourth-order valence-corrected chi connectivity index (χ4v) is 2.45. The second-order valence-electron chi connectivity index (χ2n) is 5.99. The Hall–Kier alpha value is -3.48. The van der Waals surface area contributed by atoms with Gasteiger partial charge in [-0.25, -0.2) is 4.79 Å². The molecule has 0 bridgehead atoms. The highest BCUT2D eigenvalue weighted by Crippen LogP contribution is 2.19. The number of nitrogens with one attached hydrogen (secondary N) is 1. The van der Waals surface area contributed by atoms with Crippen molar-refractivity contribution in [2.45, 2.75) is 19.8 Å². The third-order valence-corrected chi connectivity index (χ3v) is 3.90. The van der Waals surface area contributed by atoms with Crippen molar-refractivity contribution in [1.82, 2.24) is 10.2 Å². The monoisotopic (exact) mass is 365 g/mol. The molecule has 1 heterocycles. The number of methoxy groups -OCH3 is 1. The number of aryl methyl sites for hydroxylation is 2. The van der Waals surface area contributed by atoms with Gasteiger partial charge in [-0.2, -0.15) is 0 Å². The standard InChI is InChI=1S/C20H19N3O4/c1-13-6-8-14(9-7-13)19-23-22-18(27-19)11-10-17(24)21-16-5-3-4-15(12-16)20(25)26-2/h3-9,12H,10-11H2,1-2H3,(H,21,24). The third-order valence-electron chi connectivity index (χ3n) is 3.90. The number of rotatable bonds is 6. The number of anilines is 1. The molecule has 0 saturated carbocycles. The van der Waals surface area contributed by atoms with E-state index in [9.17, 15) is 9.59 Å². The van der Waals surface area contributed by atoms with Crippen LogP contribution in [-0.4, -0.2) is 29.2 Å². The van der Waals surface area contributed by atoms with Crippen molar-refractivity contribution in [3.05, 3.63) is 65.5 Å². The molecule has 7 nitrogen and oxygen atoms in total. The molecule has 0 radical (unpaired) electrons. The second-order valence-corrected chi connectivity index (χ2v) is 5.99. The third kappa shape index (κ3) is 4.78. The van der Waals surface area contributed by atoms with E-state index >= 15 is 0 Å². The van der Waals surface area contributed by atoms with Crippen molar-refractivity contribution in [3.63, 3.8) is 0 Å². The van der Waals surface area contributed by atoms with Crippen LogP contribution in [0.15, 0.2) is 52.9 Å². The number of carbonyl (C=O) groups excluding carboxylic acids is 2. The summed E-state index contributed by atoms with van der Waals surface area (Å²) in [6.45, 7) is 2.00. The topological polar surface area (TPSA) is 94.3 Å². The van der Waals surface area contributed by atoms with E-state index in [4.69, 9.17) is 4.42 Å². The summed E-state index contributed by atoms with van der Waals surface area (Å²) in [7, 11) is 1.31. The van der Waals surface area contributed by atoms with Crippen molar-refractivity contribution in [2.75, 3.05) is 12.4 Å². The van der Waals surface area contributed by atoms with Gasteiger partial charge in [0.25, 0.3) is 0 Å². The van der Waals surface area contributed by atoms with Crippen LogP contribution in [0.3, 0.4) is 0 Å². The van der Waals surface area contributed by atoms with Crippen LogP contribution in [-0.2, 0) is 16.0 Å².